The minimum absolute atomic E-state index is 0.0811. The summed E-state index contributed by atoms with van der Waals surface area (Å²) in [6.07, 6.45) is -5.59. The van der Waals surface area contributed by atoms with E-state index < -0.39 is 24.5 Å². The van der Waals surface area contributed by atoms with Gasteiger partial charge in [0.25, 0.3) is 5.91 Å². The number of carbonyl (C=O) groups excluding carboxylic acids is 2. The molecule has 1 fully saturated rings. The Bertz CT molecular complexity index is 976. The minimum Gasteiger partial charge on any atom is -0.368 e. The zero-order valence-corrected chi connectivity index (χ0v) is 17.7. The molecule has 0 saturated heterocycles. The molecule has 31 heavy (non-hydrogen) atoms. The smallest absolute Gasteiger partial charge is 0.368 e. The first-order valence-corrected chi connectivity index (χ1v) is 10.5. The first-order valence-electron chi connectivity index (χ1n) is 9.27. The number of hydrogen-bond donors (Lipinski definition) is 2. The van der Waals surface area contributed by atoms with Crippen LogP contribution in [-0.4, -0.2) is 48.5 Å². The number of carbonyl (C=O) groups is 2. The molecule has 0 atom stereocenters. The third-order valence-corrected chi connectivity index (χ3v) is 5.64. The zero-order valence-electron chi connectivity index (χ0n) is 16.1. The Kier molecular flexibility index (Phi) is 7.52. The van der Waals surface area contributed by atoms with Gasteiger partial charge in [-0.25, -0.2) is 4.98 Å². The molecule has 1 aromatic carbocycles. The predicted molar refractivity (Wildman–Crippen MR) is 109 cm³/mol. The molecule has 1 aliphatic carbocycles. The Morgan fingerprint density at radius 2 is 2.03 bits per heavy atom. The lowest BCUT2D eigenvalue weighted by Gasteiger charge is -2.34. The van der Waals surface area contributed by atoms with E-state index in [4.69, 9.17) is 16.3 Å². The molecule has 0 bridgehead atoms. The summed E-state index contributed by atoms with van der Waals surface area (Å²) in [5.74, 6) is -0.819. The van der Waals surface area contributed by atoms with Crippen molar-refractivity contribution in [3.05, 3.63) is 40.5 Å². The normalized spacial score (nSPS) is 18.5. The molecule has 0 spiro atoms. The summed E-state index contributed by atoms with van der Waals surface area (Å²) >= 11 is 7.15. The number of ether oxygens (including phenoxy) is 2. The highest BCUT2D eigenvalue weighted by molar-refractivity contribution is 7.20. The van der Waals surface area contributed by atoms with Gasteiger partial charge in [-0.2, -0.15) is 0 Å². The first-order chi connectivity index (χ1) is 14.6. The van der Waals surface area contributed by atoms with Crippen LogP contribution in [0.3, 0.4) is 0 Å². The van der Waals surface area contributed by atoms with Crippen LogP contribution in [0, 0.1) is 0 Å². The fourth-order valence-corrected chi connectivity index (χ4v) is 3.86. The number of nitrogens with zero attached hydrogens (tertiary/aromatic N) is 1. The molecule has 1 aliphatic rings. The summed E-state index contributed by atoms with van der Waals surface area (Å²) in [5.41, 5.74) is 1.01. The summed E-state index contributed by atoms with van der Waals surface area (Å²) < 4.78 is 46.1. The second-order valence-corrected chi connectivity index (χ2v) is 8.35. The van der Waals surface area contributed by atoms with Crippen LogP contribution in [0.4, 0.5) is 13.2 Å². The largest absolute Gasteiger partial charge is 0.522 e. The van der Waals surface area contributed by atoms with Crippen molar-refractivity contribution in [1.29, 1.82) is 0 Å². The lowest BCUT2D eigenvalue weighted by molar-refractivity contribution is -0.357. The maximum atomic E-state index is 12.2. The Morgan fingerprint density at radius 1 is 1.29 bits per heavy atom. The maximum Gasteiger partial charge on any atom is 0.522 e. The van der Waals surface area contributed by atoms with Crippen molar-refractivity contribution in [2.24, 2.45) is 0 Å². The number of amides is 2. The molecule has 2 N–H and O–H groups in total. The molecule has 168 valence electrons. The molecule has 1 aromatic heterocycles. The van der Waals surface area contributed by atoms with Crippen LogP contribution in [0.2, 0.25) is 5.02 Å². The molecular formula is C19H19ClF3N3O4S. The number of fused-ring (bicyclic) bond motifs is 1. The number of nitrogens with one attached hydrogen (secondary N) is 2. The molecule has 3 rings (SSSR count). The van der Waals surface area contributed by atoms with Gasteiger partial charge in [-0.1, -0.05) is 18.2 Å². The number of hydrogen-bond acceptors (Lipinski definition) is 6. The van der Waals surface area contributed by atoms with Crippen molar-refractivity contribution >= 4 is 45.0 Å². The number of benzene rings is 1. The monoisotopic (exact) mass is 477 g/mol. The van der Waals surface area contributed by atoms with Gasteiger partial charge in [0.15, 0.2) is 5.01 Å². The van der Waals surface area contributed by atoms with E-state index in [0.717, 1.165) is 4.70 Å². The van der Waals surface area contributed by atoms with Gasteiger partial charge in [0.1, 0.15) is 6.61 Å². The number of halogens is 4. The summed E-state index contributed by atoms with van der Waals surface area (Å²) in [5, 5.41) is 6.06. The Hall–Kier alpha value is -2.21. The fraction of sp³-hybridized carbons (Fsp3) is 0.421. The van der Waals surface area contributed by atoms with E-state index in [9.17, 15) is 22.8 Å². The summed E-state index contributed by atoms with van der Waals surface area (Å²) in [7, 11) is 0. The highest BCUT2D eigenvalue weighted by atomic mass is 35.5. The minimum atomic E-state index is -4.67. The molecule has 0 radical (unpaired) electrons. The van der Waals surface area contributed by atoms with Crippen molar-refractivity contribution < 1.29 is 32.2 Å². The zero-order chi connectivity index (χ0) is 22.6. The van der Waals surface area contributed by atoms with Gasteiger partial charge in [-0.3, -0.25) is 14.3 Å². The second-order valence-electron chi connectivity index (χ2n) is 6.88. The highest BCUT2D eigenvalue weighted by Gasteiger charge is 2.40. The molecule has 0 unspecified atom stereocenters. The van der Waals surface area contributed by atoms with Crippen LogP contribution >= 0.6 is 22.9 Å². The number of thiazole rings is 1. The quantitative estimate of drug-likeness (QED) is 0.573. The summed E-state index contributed by atoms with van der Waals surface area (Å²) in [6.45, 7) is 3.64. The Balaban J connectivity index is 1.31. The van der Waals surface area contributed by atoms with Crippen LogP contribution < -0.4 is 10.6 Å². The van der Waals surface area contributed by atoms with Crippen LogP contribution in [0.25, 0.3) is 10.2 Å². The van der Waals surface area contributed by atoms with E-state index >= 15 is 0 Å². The van der Waals surface area contributed by atoms with Crippen LogP contribution in [0.5, 0.6) is 0 Å². The van der Waals surface area contributed by atoms with Crippen molar-refractivity contribution in [2.75, 3.05) is 13.2 Å². The molecule has 1 saturated carbocycles. The number of aromatic nitrogens is 1. The van der Waals surface area contributed by atoms with E-state index in [1.54, 1.807) is 18.2 Å². The van der Waals surface area contributed by atoms with Crippen molar-refractivity contribution in [2.45, 2.75) is 37.8 Å². The van der Waals surface area contributed by atoms with Gasteiger partial charge in [-0.15, -0.1) is 24.5 Å². The van der Waals surface area contributed by atoms with Gasteiger partial charge in [0.2, 0.25) is 5.91 Å². The third-order valence-electron chi connectivity index (χ3n) is 4.37. The second kappa shape index (κ2) is 9.94. The van der Waals surface area contributed by atoms with Crippen molar-refractivity contribution in [3.63, 3.8) is 0 Å². The number of alkyl halides is 3. The maximum absolute atomic E-state index is 12.2. The molecule has 12 heteroatoms. The van der Waals surface area contributed by atoms with E-state index in [1.807, 2.05) is 0 Å². The van der Waals surface area contributed by atoms with E-state index in [1.165, 1.54) is 11.3 Å². The topological polar surface area (TPSA) is 89.6 Å². The Labute approximate surface area is 184 Å². The van der Waals surface area contributed by atoms with Gasteiger partial charge in [-0.05, 0) is 18.2 Å². The molecule has 7 nitrogen and oxygen atoms in total. The van der Waals surface area contributed by atoms with Gasteiger partial charge < -0.3 is 15.4 Å². The van der Waals surface area contributed by atoms with Gasteiger partial charge in [0, 0.05) is 36.5 Å². The van der Waals surface area contributed by atoms with Crippen LogP contribution in [0.15, 0.2) is 30.5 Å². The van der Waals surface area contributed by atoms with Crippen LogP contribution in [0.1, 0.15) is 29.1 Å². The van der Waals surface area contributed by atoms with Crippen molar-refractivity contribution in [3.8, 4) is 0 Å². The fourth-order valence-electron chi connectivity index (χ4n) is 2.83. The first kappa shape index (κ1) is 23.5. The molecule has 2 amide bonds. The molecule has 2 aromatic rings. The van der Waals surface area contributed by atoms with Gasteiger partial charge in [0.05, 0.1) is 22.4 Å². The highest BCUT2D eigenvalue weighted by Crippen LogP contribution is 2.32. The molecule has 1 heterocycles. The summed E-state index contributed by atoms with van der Waals surface area (Å²) in [6, 6.07) is 5.19. The lowest BCUT2D eigenvalue weighted by atomic mass is 9.92. The summed E-state index contributed by atoms with van der Waals surface area (Å²) in [4.78, 5) is 28.3. The predicted octanol–water partition coefficient (Wildman–Crippen LogP) is 3.78. The van der Waals surface area contributed by atoms with Crippen LogP contribution in [-0.2, 0) is 14.3 Å². The standard InChI is InChI=1S/C19H19ClF3N3O4S/c1-10(25-16(27)9-29-12-7-13(8-12)30-19(21,22)23)4-5-24-17(28)18-26-14-6-11(20)2-3-15(14)31-18/h2-3,6,12-13H,1,4-5,7-9H2,(H,24,28)(H,25,27)/t12-,13+. The molecule has 0 aliphatic heterocycles. The number of rotatable bonds is 9. The molecular weight excluding hydrogens is 459 g/mol. The van der Waals surface area contributed by atoms with E-state index in [0.29, 0.717) is 27.7 Å². The SMILES string of the molecule is C=C(CCNC(=O)c1nc2cc(Cl)ccc2s1)NC(=O)CO[C@H]1C[C@@H](OC(F)(F)F)C1. The lowest BCUT2D eigenvalue weighted by Crippen LogP contribution is -2.42. The third kappa shape index (κ3) is 7.17. The average molecular weight is 478 g/mol. The van der Waals surface area contributed by atoms with Gasteiger partial charge >= 0.3 is 6.36 Å². The Morgan fingerprint density at radius 3 is 2.74 bits per heavy atom. The van der Waals surface area contributed by atoms with E-state index in [-0.39, 0.29) is 31.9 Å². The average Bonchev–Trinajstić information content (AvgIpc) is 3.05. The van der Waals surface area contributed by atoms with Crippen molar-refractivity contribution in [1.82, 2.24) is 15.6 Å². The van der Waals surface area contributed by atoms with E-state index in [2.05, 4.69) is 26.9 Å².